The van der Waals surface area contributed by atoms with Gasteiger partial charge in [-0.15, -0.1) is 0 Å². The van der Waals surface area contributed by atoms with Gasteiger partial charge >= 0.3 is 56.6 Å². The molecule has 0 bridgehead atoms. The average molecular weight is 199 g/mol. The van der Waals surface area contributed by atoms with Crippen molar-refractivity contribution in [1.82, 2.24) is 0 Å². The molecule has 0 unspecified atom stereocenters. The summed E-state index contributed by atoms with van der Waals surface area (Å²) in [5.74, 6) is 0. The van der Waals surface area contributed by atoms with E-state index in [0.29, 0.717) is 0 Å². The molecule has 0 saturated carbocycles. The van der Waals surface area contributed by atoms with Crippen LogP contribution in [0, 0.1) is 0 Å². The molecule has 0 aromatic heterocycles. The summed E-state index contributed by atoms with van der Waals surface area (Å²) < 4.78 is 9.06. The van der Waals surface area contributed by atoms with Crippen molar-refractivity contribution in [2.45, 2.75) is 0 Å². The van der Waals surface area contributed by atoms with Crippen molar-refractivity contribution in [1.29, 1.82) is 0 Å². The van der Waals surface area contributed by atoms with Gasteiger partial charge in [-0.3, -0.25) is 0 Å². The average Bonchev–Trinajstić information content (AvgIpc) is 0.918. The standard InChI is InChI=1S/Li.O.Te.Ti.H. The van der Waals surface area contributed by atoms with Gasteiger partial charge in [-0.25, -0.2) is 0 Å². The first-order valence-electron chi connectivity index (χ1n) is 0.408. The molecular weight excluding hydrogens is 198 g/mol. The zero-order chi connectivity index (χ0) is 2.71. The molecule has 0 N–H and O–H groups in total. The van der Waals surface area contributed by atoms with Crippen molar-refractivity contribution < 1.29 is 18.8 Å². The molecule has 18 valence electrons. The Bertz CT molecular complexity index is 15.5. The van der Waals surface area contributed by atoms with E-state index in [1.54, 1.807) is 18.9 Å². The van der Waals surface area contributed by atoms with Crippen molar-refractivity contribution >= 4 is 37.8 Å². The quantitative estimate of drug-likeness (QED) is 0.450. The summed E-state index contributed by atoms with van der Waals surface area (Å²) in [6.45, 7) is 0. The SMILES string of the molecule is [LiH].[O]=[Ti][Te]. The fraction of sp³-hybridized carbons (Fsp3) is 0. The number of rotatable bonds is 0. The van der Waals surface area contributed by atoms with Gasteiger partial charge in [-0.1, -0.05) is 0 Å². The molecule has 0 rings (SSSR count). The minimum atomic E-state index is -0.740. The zero-order valence-electron chi connectivity index (χ0n) is 1.32. The van der Waals surface area contributed by atoms with Crippen molar-refractivity contribution in [2.75, 3.05) is 0 Å². The predicted octanol–water partition coefficient (Wildman–Crippen LogP) is -1.15. The van der Waals surface area contributed by atoms with Gasteiger partial charge in [0, 0.05) is 0 Å². The van der Waals surface area contributed by atoms with Crippen LogP contribution in [0.25, 0.3) is 0 Å². The van der Waals surface area contributed by atoms with E-state index in [1.165, 1.54) is 0 Å². The third kappa shape index (κ3) is 9.08. The van der Waals surface area contributed by atoms with Crippen LogP contribution in [0.2, 0.25) is 0 Å². The molecule has 0 aromatic carbocycles. The first kappa shape index (κ1) is 9.31. The molecule has 0 aliphatic carbocycles. The van der Waals surface area contributed by atoms with E-state index in [9.17, 15) is 0 Å². The topological polar surface area (TPSA) is 17.1 Å². The van der Waals surface area contributed by atoms with Crippen LogP contribution in [0.15, 0.2) is 0 Å². The van der Waals surface area contributed by atoms with Crippen LogP contribution in [0.4, 0.5) is 0 Å². The first-order valence-corrected chi connectivity index (χ1v) is 6.49. The maximum atomic E-state index is 9.06. The summed E-state index contributed by atoms with van der Waals surface area (Å²) in [7, 11) is 0. The fourth-order valence-corrected chi connectivity index (χ4v) is 0. The van der Waals surface area contributed by atoms with E-state index in [1.807, 2.05) is 0 Å². The van der Waals surface area contributed by atoms with Gasteiger partial charge in [0.25, 0.3) is 0 Å². The third-order valence-corrected chi connectivity index (χ3v) is 0. The van der Waals surface area contributed by atoms with Gasteiger partial charge in [0.05, 0.1) is 0 Å². The monoisotopic (exact) mass is 202 g/mol. The van der Waals surface area contributed by atoms with Gasteiger partial charge in [-0.2, -0.15) is 0 Å². The third-order valence-electron chi connectivity index (χ3n) is 0. The Morgan fingerprint density at radius 1 is 1.75 bits per heavy atom. The molecular formula is HLiOTeTi. The molecule has 0 aromatic rings. The molecule has 1 nitrogen and oxygen atoms in total. The van der Waals surface area contributed by atoms with Crippen LogP contribution in [-0.2, 0) is 18.8 Å². The molecule has 1 radical (unpaired) electrons. The Labute approximate surface area is 55.8 Å². The first-order chi connectivity index (χ1) is 1.41. The Kier molecular flexibility index (Phi) is 20.6. The van der Waals surface area contributed by atoms with E-state index in [0.717, 1.165) is 0 Å². The Hall–Kier alpha value is 1.90. The molecule has 4 heteroatoms. The fourth-order valence-electron chi connectivity index (χ4n) is 0. The predicted molar refractivity (Wildman–Crippen MR) is 13.6 cm³/mol. The zero-order valence-corrected chi connectivity index (χ0v) is 5.21. The number of hydrogen-bond acceptors (Lipinski definition) is 1. The number of hydrogen-bond donors (Lipinski definition) is 0. The molecule has 0 aliphatic rings. The molecule has 0 spiro atoms. The molecule has 0 amide bonds. The van der Waals surface area contributed by atoms with E-state index in [2.05, 4.69) is 0 Å². The second-order valence-electron chi connectivity index (χ2n) is 0.0833. The van der Waals surface area contributed by atoms with E-state index in [4.69, 9.17) is 3.32 Å². The summed E-state index contributed by atoms with van der Waals surface area (Å²) in [4.78, 5) is 0. The Morgan fingerprint density at radius 2 is 1.75 bits per heavy atom. The van der Waals surface area contributed by atoms with Gasteiger partial charge < -0.3 is 0 Å². The molecule has 0 heterocycles. The van der Waals surface area contributed by atoms with Gasteiger partial charge in [0.2, 0.25) is 0 Å². The summed E-state index contributed by atoms with van der Waals surface area (Å²) in [5.41, 5.74) is 0. The van der Waals surface area contributed by atoms with Crippen molar-refractivity contribution in [2.24, 2.45) is 0 Å². The van der Waals surface area contributed by atoms with Gasteiger partial charge in [0.15, 0.2) is 0 Å². The molecule has 0 atom stereocenters. The van der Waals surface area contributed by atoms with Gasteiger partial charge in [0.1, 0.15) is 0 Å². The van der Waals surface area contributed by atoms with Crippen LogP contribution in [0.1, 0.15) is 0 Å². The molecule has 0 aliphatic heterocycles. The summed E-state index contributed by atoms with van der Waals surface area (Å²) in [5, 5.41) is 0. The van der Waals surface area contributed by atoms with Crippen LogP contribution < -0.4 is 0 Å². The molecule has 4 heavy (non-hydrogen) atoms. The Balaban J connectivity index is 0. The Morgan fingerprint density at radius 3 is 1.75 bits per heavy atom. The van der Waals surface area contributed by atoms with Crippen molar-refractivity contribution in [3.05, 3.63) is 0 Å². The normalized spacial score (nSPS) is 2.25. The van der Waals surface area contributed by atoms with Crippen LogP contribution >= 0.6 is 0 Å². The summed E-state index contributed by atoms with van der Waals surface area (Å²) >= 11 is 0.900. The van der Waals surface area contributed by atoms with E-state index < -0.39 is 15.4 Å². The van der Waals surface area contributed by atoms with E-state index >= 15 is 0 Å². The second-order valence-corrected chi connectivity index (χ2v) is 2.30. The minimum absolute atomic E-state index is 0. The van der Waals surface area contributed by atoms with Crippen molar-refractivity contribution in [3.8, 4) is 0 Å². The molecule has 0 fully saturated rings. The molecule has 0 saturated heterocycles. The van der Waals surface area contributed by atoms with Crippen LogP contribution in [-0.4, -0.2) is 37.8 Å². The summed E-state index contributed by atoms with van der Waals surface area (Å²) in [6.07, 6.45) is 0. The maximum absolute atomic E-state index is 9.06. The van der Waals surface area contributed by atoms with Gasteiger partial charge in [-0.05, 0) is 0 Å². The van der Waals surface area contributed by atoms with Crippen LogP contribution in [0.5, 0.6) is 0 Å². The second kappa shape index (κ2) is 8.86. The van der Waals surface area contributed by atoms with Crippen molar-refractivity contribution in [3.63, 3.8) is 0 Å². The van der Waals surface area contributed by atoms with Crippen LogP contribution in [0.3, 0.4) is 0 Å². The van der Waals surface area contributed by atoms with E-state index in [-0.39, 0.29) is 18.9 Å². The summed E-state index contributed by atoms with van der Waals surface area (Å²) in [6, 6.07) is 0.